The van der Waals surface area contributed by atoms with E-state index in [-0.39, 0.29) is 16.5 Å². The van der Waals surface area contributed by atoms with Crippen LogP contribution in [-0.2, 0) is 21.0 Å². The van der Waals surface area contributed by atoms with E-state index in [9.17, 15) is 26.4 Å². The predicted molar refractivity (Wildman–Crippen MR) is 132 cm³/mol. The van der Waals surface area contributed by atoms with E-state index >= 15 is 0 Å². The average Bonchev–Trinajstić information content (AvgIpc) is 2.82. The number of carbonyl (C=O) groups excluding carboxylic acids is 1. The molecule has 0 aromatic heterocycles. The monoisotopic (exact) mass is 540 g/mol. The smallest absolute Gasteiger partial charge is 0.416 e. The Morgan fingerprint density at radius 3 is 2.31 bits per heavy atom. The van der Waals surface area contributed by atoms with Crippen molar-refractivity contribution in [3.05, 3.63) is 88.9 Å². The van der Waals surface area contributed by atoms with E-state index in [2.05, 4.69) is 5.32 Å². The van der Waals surface area contributed by atoms with Crippen molar-refractivity contribution in [3.63, 3.8) is 0 Å². The molecule has 0 aliphatic heterocycles. The van der Waals surface area contributed by atoms with E-state index < -0.39 is 45.9 Å². The van der Waals surface area contributed by atoms with Crippen LogP contribution in [0.15, 0.2) is 77.7 Å². The number of amides is 1. The van der Waals surface area contributed by atoms with Crippen LogP contribution in [-0.4, -0.2) is 33.5 Å². The first-order valence-electron chi connectivity index (χ1n) is 10.8. The lowest BCUT2D eigenvalue weighted by Gasteiger charge is -2.26. The first-order valence-corrected chi connectivity index (χ1v) is 12.6. The van der Waals surface area contributed by atoms with Gasteiger partial charge in [0, 0.05) is 0 Å². The van der Waals surface area contributed by atoms with Gasteiger partial charge >= 0.3 is 6.18 Å². The van der Waals surface area contributed by atoms with Gasteiger partial charge in [0.1, 0.15) is 18.9 Å². The van der Waals surface area contributed by atoms with Crippen LogP contribution in [0.2, 0.25) is 5.02 Å². The molecule has 0 aliphatic carbocycles. The molecule has 1 amide bonds. The van der Waals surface area contributed by atoms with Crippen LogP contribution in [0.5, 0.6) is 5.75 Å². The molecule has 3 rings (SSSR count). The predicted octanol–water partition coefficient (Wildman–Crippen LogP) is 5.45. The molecule has 0 heterocycles. The number of nitrogens with zero attached hydrogens (tertiary/aromatic N) is 1. The molecule has 0 saturated carbocycles. The van der Waals surface area contributed by atoms with Crippen molar-refractivity contribution in [1.82, 2.24) is 5.32 Å². The highest BCUT2D eigenvalue weighted by Gasteiger charge is 2.34. The van der Waals surface area contributed by atoms with Crippen molar-refractivity contribution >= 4 is 33.2 Å². The third-order valence-electron chi connectivity index (χ3n) is 5.09. The summed E-state index contributed by atoms with van der Waals surface area (Å²) in [4.78, 5) is 12.6. The van der Waals surface area contributed by atoms with Gasteiger partial charge in [0.2, 0.25) is 5.91 Å². The molecule has 1 unspecified atom stereocenters. The van der Waals surface area contributed by atoms with Gasteiger partial charge in [-0.1, -0.05) is 47.5 Å². The maximum atomic E-state index is 13.4. The summed E-state index contributed by atoms with van der Waals surface area (Å²) in [5.41, 5.74) is -0.513. The number of carbonyl (C=O) groups is 1. The van der Waals surface area contributed by atoms with E-state index in [0.717, 1.165) is 17.7 Å². The van der Waals surface area contributed by atoms with E-state index in [1.54, 1.807) is 25.1 Å². The minimum atomic E-state index is -4.74. The van der Waals surface area contributed by atoms with E-state index in [1.165, 1.54) is 24.3 Å². The molecular formula is C25H24ClF3N2O4S. The van der Waals surface area contributed by atoms with Crippen molar-refractivity contribution in [3.8, 4) is 5.75 Å². The van der Waals surface area contributed by atoms with Crippen molar-refractivity contribution in [1.29, 1.82) is 0 Å². The Kier molecular flexibility index (Phi) is 8.52. The SMILES string of the molecule is Cc1ccc(OCC(C)NC(=O)CN(c2cc(C(F)(F)F)ccc2Cl)S(=O)(=O)c2ccccc2)cc1. The molecule has 192 valence electrons. The van der Waals surface area contributed by atoms with Gasteiger partial charge in [-0.2, -0.15) is 13.2 Å². The van der Waals surface area contributed by atoms with Crippen LogP contribution in [0.1, 0.15) is 18.1 Å². The number of aryl methyl sites for hydroxylation is 1. The van der Waals surface area contributed by atoms with Crippen LogP contribution in [0.3, 0.4) is 0 Å². The van der Waals surface area contributed by atoms with Gasteiger partial charge in [0.25, 0.3) is 10.0 Å². The number of ether oxygens (including phenoxy) is 1. The summed E-state index contributed by atoms with van der Waals surface area (Å²) >= 11 is 6.13. The standard InChI is InChI=1S/C25H24ClF3N2O4S/c1-17-8-11-20(12-9-17)35-16-18(2)30-24(32)15-31(36(33,34)21-6-4-3-5-7-21)23-14-19(25(27,28)29)10-13-22(23)26/h3-14,18H,15-16H2,1-2H3,(H,30,32). The molecule has 0 saturated heterocycles. The van der Waals surface area contributed by atoms with Gasteiger partial charge in [-0.3, -0.25) is 9.10 Å². The number of sulfonamides is 1. The van der Waals surface area contributed by atoms with Crippen LogP contribution in [0.4, 0.5) is 18.9 Å². The highest BCUT2D eigenvalue weighted by Crippen LogP contribution is 2.37. The van der Waals surface area contributed by atoms with Gasteiger partial charge in [0.05, 0.1) is 27.2 Å². The fourth-order valence-electron chi connectivity index (χ4n) is 3.25. The Hall–Kier alpha value is -3.24. The maximum absolute atomic E-state index is 13.4. The maximum Gasteiger partial charge on any atom is 0.416 e. The Morgan fingerprint density at radius 2 is 1.69 bits per heavy atom. The molecule has 1 N–H and O–H groups in total. The summed E-state index contributed by atoms with van der Waals surface area (Å²) in [6, 6.07) is 16.1. The molecular weight excluding hydrogens is 517 g/mol. The van der Waals surface area contributed by atoms with Gasteiger partial charge in [-0.15, -0.1) is 0 Å². The summed E-state index contributed by atoms with van der Waals surface area (Å²) in [5, 5.41) is 2.36. The Balaban J connectivity index is 1.85. The molecule has 3 aromatic rings. The van der Waals surface area contributed by atoms with E-state index in [0.29, 0.717) is 16.1 Å². The average molecular weight is 541 g/mol. The lowest BCUT2D eigenvalue weighted by Crippen LogP contribution is -2.45. The molecule has 36 heavy (non-hydrogen) atoms. The van der Waals surface area contributed by atoms with Crippen molar-refractivity contribution in [2.75, 3.05) is 17.5 Å². The van der Waals surface area contributed by atoms with Gasteiger partial charge in [0.15, 0.2) is 0 Å². The molecule has 11 heteroatoms. The Bertz CT molecular complexity index is 1300. The highest BCUT2D eigenvalue weighted by atomic mass is 35.5. The zero-order valence-electron chi connectivity index (χ0n) is 19.4. The van der Waals surface area contributed by atoms with Crippen molar-refractivity contribution < 1.29 is 31.1 Å². The normalized spacial score (nSPS) is 12.6. The Morgan fingerprint density at radius 1 is 1.06 bits per heavy atom. The number of nitrogens with one attached hydrogen (secondary N) is 1. The molecule has 0 fully saturated rings. The third-order valence-corrected chi connectivity index (χ3v) is 7.18. The largest absolute Gasteiger partial charge is 0.491 e. The van der Waals surface area contributed by atoms with Gasteiger partial charge in [-0.25, -0.2) is 8.42 Å². The fourth-order valence-corrected chi connectivity index (χ4v) is 4.97. The van der Waals surface area contributed by atoms with Crippen molar-refractivity contribution in [2.45, 2.75) is 31.0 Å². The topological polar surface area (TPSA) is 75.7 Å². The molecule has 0 radical (unpaired) electrons. The summed E-state index contributed by atoms with van der Waals surface area (Å²) in [5.74, 6) is -0.159. The molecule has 0 aliphatic rings. The highest BCUT2D eigenvalue weighted by molar-refractivity contribution is 7.92. The summed E-state index contributed by atoms with van der Waals surface area (Å²) in [6.07, 6.45) is -4.74. The van der Waals surface area contributed by atoms with Crippen LogP contribution >= 0.6 is 11.6 Å². The number of anilines is 1. The van der Waals surface area contributed by atoms with Crippen LogP contribution < -0.4 is 14.4 Å². The third kappa shape index (κ3) is 6.92. The summed E-state index contributed by atoms with van der Waals surface area (Å²) < 4.78 is 73.1. The van der Waals surface area contributed by atoms with E-state index in [4.69, 9.17) is 16.3 Å². The molecule has 0 bridgehead atoms. The quantitative estimate of drug-likeness (QED) is 0.392. The van der Waals surface area contributed by atoms with Crippen LogP contribution in [0.25, 0.3) is 0 Å². The first-order chi connectivity index (χ1) is 16.9. The Labute approximate surface area is 212 Å². The van der Waals surface area contributed by atoms with Crippen LogP contribution in [0, 0.1) is 6.92 Å². The number of hydrogen-bond donors (Lipinski definition) is 1. The number of rotatable bonds is 9. The molecule has 6 nitrogen and oxygen atoms in total. The summed E-state index contributed by atoms with van der Waals surface area (Å²) in [6.45, 7) is 2.87. The second-order valence-corrected chi connectivity index (χ2v) is 10.4. The van der Waals surface area contributed by atoms with Crippen molar-refractivity contribution in [2.24, 2.45) is 0 Å². The minimum absolute atomic E-state index is 0.0878. The second kappa shape index (κ2) is 11.2. The van der Waals surface area contributed by atoms with E-state index in [1.807, 2.05) is 19.1 Å². The number of hydrogen-bond acceptors (Lipinski definition) is 4. The number of alkyl halides is 3. The minimum Gasteiger partial charge on any atom is -0.491 e. The summed E-state index contributed by atoms with van der Waals surface area (Å²) in [7, 11) is -4.44. The zero-order valence-corrected chi connectivity index (χ0v) is 21.0. The zero-order chi connectivity index (χ0) is 26.5. The number of benzene rings is 3. The lowest BCUT2D eigenvalue weighted by molar-refractivity contribution is -0.137. The fraction of sp³-hybridized carbons (Fsp3) is 0.240. The molecule has 0 spiro atoms. The lowest BCUT2D eigenvalue weighted by atomic mass is 10.2. The number of halogens is 4. The first kappa shape index (κ1) is 27.3. The molecule has 3 aromatic carbocycles. The second-order valence-electron chi connectivity index (χ2n) is 8.08. The van der Waals surface area contributed by atoms with Gasteiger partial charge in [-0.05, 0) is 56.3 Å². The van der Waals surface area contributed by atoms with Gasteiger partial charge < -0.3 is 10.1 Å². The molecule has 1 atom stereocenters.